The van der Waals surface area contributed by atoms with Gasteiger partial charge in [0.25, 0.3) is 0 Å². The molecule has 0 radical (unpaired) electrons. The van der Waals surface area contributed by atoms with Gasteiger partial charge in [-0.1, -0.05) is 58.7 Å². The van der Waals surface area contributed by atoms with Crippen molar-refractivity contribution in [3.8, 4) is 11.4 Å². The number of hydrogen-bond donors (Lipinski definition) is 0. The standard InChI is InChI=1S/C17H15Cl2N3O3S/c1-22(26(23,24)11-13-5-2-3-8-15(13)19)10-16-20-17(21-25-16)12-6-4-7-14(18)9-12/h2-9H,10-11H2,1H3. The van der Waals surface area contributed by atoms with Crippen LogP contribution in [0.4, 0.5) is 0 Å². The SMILES string of the molecule is CN(Cc1nc(-c2cccc(Cl)c2)no1)S(=O)(=O)Cc1ccccc1Cl. The number of halogens is 2. The van der Waals surface area contributed by atoms with Crippen molar-refractivity contribution < 1.29 is 12.9 Å². The van der Waals surface area contributed by atoms with E-state index in [1.807, 2.05) is 0 Å². The zero-order valence-electron chi connectivity index (χ0n) is 13.8. The predicted octanol–water partition coefficient (Wildman–Crippen LogP) is 4.01. The molecular weight excluding hydrogens is 397 g/mol. The third-order valence-electron chi connectivity index (χ3n) is 3.68. The van der Waals surface area contributed by atoms with Crippen molar-refractivity contribution in [2.24, 2.45) is 0 Å². The summed E-state index contributed by atoms with van der Waals surface area (Å²) in [5, 5.41) is 4.83. The van der Waals surface area contributed by atoms with Crippen LogP contribution in [0.15, 0.2) is 53.1 Å². The van der Waals surface area contributed by atoms with Crippen molar-refractivity contribution in [2.75, 3.05) is 7.05 Å². The summed E-state index contributed by atoms with van der Waals surface area (Å²) in [4.78, 5) is 4.23. The molecule has 0 saturated heterocycles. The van der Waals surface area contributed by atoms with Gasteiger partial charge in [-0.3, -0.25) is 0 Å². The van der Waals surface area contributed by atoms with Crippen LogP contribution in [0, 0.1) is 0 Å². The Morgan fingerprint density at radius 1 is 1.12 bits per heavy atom. The topological polar surface area (TPSA) is 76.3 Å². The van der Waals surface area contributed by atoms with Gasteiger partial charge < -0.3 is 4.52 Å². The molecule has 1 aromatic heterocycles. The fraction of sp³-hybridized carbons (Fsp3) is 0.176. The van der Waals surface area contributed by atoms with Crippen molar-refractivity contribution >= 4 is 33.2 Å². The van der Waals surface area contributed by atoms with Gasteiger partial charge in [0.05, 0.1) is 12.3 Å². The maximum absolute atomic E-state index is 12.5. The van der Waals surface area contributed by atoms with E-state index >= 15 is 0 Å². The number of sulfonamides is 1. The molecule has 0 aliphatic rings. The van der Waals surface area contributed by atoms with E-state index in [2.05, 4.69) is 10.1 Å². The molecule has 3 aromatic rings. The molecule has 136 valence electrons. The van der Waals surface area contributed by atoms with Gasteiger partial charge >= 0.3 is 0 Å². The Bertz CT molecular complexity index is 1020. The lowest BCUT2D eigenvalue weighted by molar-refractivity contribution is 0.336. The molecule has 0 atom stereocenters. The highest BCUT2D eigenvalue weighted by Crippen LogP contribution is 2.22. The average molecular weight is 412 g/mol. The molecule has 6 nitrogen and oxygen atoms in total. The smallest absolute Gasteiger partial charge is 0.242 e. The van der Waals surface area contributed by atoms with Crippen molar-refractivity contribution in [1.29, 1.82) is 0 Å². The summed E-state index contributed by atoms with van der Waals surface area (Å²) in [6, 6.07) is 13.8. The molecule has 0 N–H and O–H groups in total. The second-order valence-electron chi connectivity index (χ2n) is 5.63. The van der Waals surface area contributed by atoms with Gasteiger partial charge in [-0.15, -0.1) is 0 Å². The quantitative estimate of drug-likeness (QED) is 0.612. The first-order chi connectivity index (χ1) is 12.3. The minimum atomic E-state index is -3.60. The first-order valence-electron chi connectivity index (χ1n) is 7.61. The number of nitrogens with zero attached hydrogens (tertiary/aromatic N) is 3. The summed E-state index contributed by atoms with van der Waals surface area (Å²) in [6.07, 6.45) is 0. The van der Waals surface area contributed by atoms with Crippen molar-refractivity contribution in [3.63, 3.8) is 0 Å². The lowest BCUT2D eigenvalue weighted by Crippen LogP contribution is -2.28. The van der Waals surface area contributed by atoms with Crippen LogP contribution in [-0.2, 0) is 22.3 Å². The Labute approximate surface area is 161 Å². The molecule has 0 amide bonds. The molecule has 3 rings (SSSR count). The molecule has 0 unspecified atom stereocenters. The minimum Gasteiger partial charge on any atom is -0.338 e. The highest BCUT2D eigenvalue weighted by atomic mass is 35.5. The lowest BCUT2D eigenvalue weighted by atomic mass is 10.2. The van der Waals surface area contributed by atoms with Gasteiger partial charge in [0.15, 0.2) is 0 Å². The van der Waals surface area contributed by atoms with Crippen LogP contribution in [0.3, 0.4) is 0 Å². The Kier molecular flexibility index (Phi) is 5.62. The van der Waals surface area contributed by atoms with Crippen LogP contribution >= 0.6 is 23.2 Å². The second kappa shape index (κ2) is 7.75. The van der Waals surface area contributed by atoms with E-state index in [1.54, 1.807) is 48.5 Å². The molecule has 0 bridgehead atoms. The molecule has 0 aliphatic carbocycles. The second-order valence-corrected chi connectivity index (χ2v) is 8.55. The molecule has 2 aromatic carbocycles. The Balaban J connectivity index is 1.73. The molecule has 26 heavy (non-hydrogen) atoms. The van der Waals surface area contributed by atoms with Crippen LogP contribution in [0.25, 0.3) is 11.4 Å². The zero-order valence-corrected chi connectivity index (χ0v) is 16.1. The Hall–Kier alpha value is -1.93. The molecule has 0 spiro atoms. The monoisotopic (exact) mass is 411 g/mol. The fourth-order valence-corrected chi connectivity index (χ4v) is 3.92. The van der Waals surface area contributed by atoms with E-state index in [4.69, 9.17) is 27.7 Å². The number of hydrogen-bond acceptors (Lipinski definition) is 5. The highest BCUT2D eigenvalue weighted by molar-refractivity contribution is 7.88. The van der Waals surface area contributed by atoms with Crippen LogP contribution in [-0.4, -0.2) is 29.9 Å². The molecule has 0 aliphatic heterocycles. The Morgan fingerprint density at radius 2 is 1.88 bits per heavy atom. The number of rotatable bonds is 6. The normalized spacial score (nSPS) is 11.8. The molecule has 1 heterocycles. The summed E-state index contributed by atoms with van der Waals surface area (Å²) >= 11 is 12.0. The molecule has 0 fully saturated rings. The van der Waals surface area contributed by atoms with Crippen LogP contribution in [0.1, 0.15) is 11.5 Å². The maximum atomic E-state index is 12.5. The third-order valence-corrected chi connectivity index (χ3v) is 6.04. The fourth-order valence-electron chi connectivity index (χ4n) is 2.27. The molecule has 9 heteroatoms. The van der Waals surface area contributed by atoms with E-state index in [9.17, 15) is 8.42 Å². The minimum absolute atomic E-state index is 0.0413. The van der Waals surface area contributed by atoms with Gasteiger partial charge in [-0.05, 0) is 23.8 Å². The van der Waals surface area contributed by atoms with Crippen LogP contribution in [0.2, 0.25) is 10.0 Å². The van der Waals surface area contributed by atoms with Gasteiger partial charge in [0.2, 0.25) is 21.7 Å². The summed E-state index contributed by atoms with van der Waals surface area (Å²) in [6.45, 7) is -0.0413. The van der Waals surface area contributed by atoms with E-state index in [0.717, 1.165) is 4.31 Å². The summed E-state index contributed by atoms with van der Waals surface area (Å²) in [5.74, 6) is 0.322. The number of aromatic nitrogens is 2. The summed E-state index contributed by atoms with van der Waals surface area (Å²) in [5.41, 5.74) is 1.22. The first-order valence-corrected chi connectivity index (χ1v) is 9.97. The lowest BCUT2D eigenvalue weighted by Gasteiger charge is -2.15. The number of benzene rings is 2. The van der Waals surface area contributed by atoms with E-state index in [-0.39, 0.29) is 18.2 Å². The largest absolute Gasteiger partial charge is 0.338 e. The van der Waals surface area contributed by atoms with E-state index < -0.39 is 10.0 Å². The predicted molar refractivity (Wildman–Crippen MR) is 100 cm³/mol. The molecular formula is C17H15Cl2N3O3S. The maximum Gasteiger partial charge on any atom is 0.242 e. The van der Waals surface area contributed by atoms with E-state index in [0.29, 0.717) is 27.0 Å². The highest BCUT2D eigenvalue weighted by Gasteiger charge is 2.22. The van der Waals surface area contributed by atoms with Crippen molar-refractivity contribution in [3.05, 3.63) is 70.0 Å². The zero-order chi connectivity index (χ0) is 18.7. The summed E-state index contributed by atoms with van der Waals surface area (Å²) < 4.78 is 31.4. The van der Waals surface area contributed by atoms with Crippen molar-refractivity contribution in [1.82, 2.24) is 14.4 Å². The van der Waals surface area contributed by atoms with Crippen molar-refractivity contribution in [2.45, 2.75) is 12.3 Å². The van der Waals surface area contributed by atoms with E-state index in [1.165, 1.54) is 7.05 Å². The molecule has 0 saturated carbocycles. The van der Waals surface area contributed by atoms with Crippen LogP contribution < -0.4 is 0 Å². The average Bonchev–Trinajstić information content (AvgIpc) is 3.05. The van der Waals surface area contributed by atoms with Gasteiger partial charge in [-0.2, -0.15) is 9.29 Å². The van der Waals surface area contributed by atoms with Gasteiger partial charge in [-0.25, -0.2) is 8.42 Å². The third kappa shape index (κ3) is 4.42. The van der Waals surface area contributed by atoms with Gasteiger partial charge in [0.1, 0.15) is 0 Å². The first kappa shape index (κ1) is 18.8. The van der Waals surface area contributed by atoms with Gasteiger partial charge in [0, 0.05) is 22.7 Å². The van der Waals surface area contributed by atoms with Crippen LogP contribution in [0.5, 0.6) is 0 Å². The summed E-state index contributed by atoms with van der Waals surface area (Å²) in [7, 11) is -2.14. The Morgan fingerprint density at radius 3 is 2.62 bits per heavy atom.